The van der Waals surface area contributed by atoms with Crippen LogP contribution in [-0.2, 0) is 9.59 Å². The van der Waals surface area contributed by atoms with E-state index in [4.69, 9.17) is 16.7 Å². The summed E-state index contributed by atoms with van der Waals surface area (Å²) in [5.41, 5.74) is 0. The molecule has 0 aromatic carbocycles. The number of carboxylic acids is 1. The van der Waals surface area contributed by atoms with Gasteiger partial charge in [0.2, 0.25) is 5.24 Å². The van der Waals surface area contributed by atoms with Crippen molar-refractivity contribution in [1.29, 1.82) is 0 Å². The van der Waals surface area contributed by atoms with Gasteiger partial charge in [0.05, 0.1) is 0 Å². The Bertz CT molecular complexity index is 167. The molecule has 0 rings (SSSR count). The van der Waals surface area contributed by atoms with Crippen molar-refractivity contribution in [2.75, 3.05) is 0 Å². The first-order valence-electron chi connectivity index (χ1n) is 3.68. The van der Waals surface area contributed by atoms with Crippen LogP contribution >= 0.6 is 11.6 Å². The van der Waals surface area contributed by atoms with E-state index < -0.39 is 5.97 Å². The van der Waals surface area contributed by atoms with Crippen molar-refractivity contribution in [1.82, 2.24) is 0 Å². The summed E-state index contributed by atoms with van der Waals surface area (Å²) in [5, 5.41) is 7.89. The molecular weight excluding hydrogens is 180 g/mol. The molecule has 0 saturated carbocycles. The van der Waals surface area contributed by atoms with Gasteiger partial charge in [-0.15, -0.1) is 0 Å². The van der Waals surface area contributed by atoms with Gasteiger partial charge in [-0.2, -0.15) is 0 Å². The summed E-state index contributed by atoms with van der Waals surface area (Å²) in [5.74, 6) is -0.812. The van der Waals surface area contributed by atoms with E-state index in [1.54, 1.807) is 12.2 Å². The van der Waals surface area contributed by atoms with E-state index in [2.05, 4.69) is 0 Å². The van der Waals surface area contributed by atoms with E-state index in [9.17, 15) is 9.59 Å². The van der Waals surface area contributed by atoms with Crippen molar-refractivity contribution < 1.29 is 14.7 Å². The van der Waals surface area contributed by atoms with Crippen LogP contribution in [0.15, 0.2) is 12.2 Å². The maximum Gasteiger partial charge on any atom is 0.303 e. The molecule has 0 aromatic rings. The molecule has 0 amide bonds. The van der Waals surface area contributed by atoms with E-state index in [-0.39, 0.29) is 11.7 Å². The normalized spacial score (nSPS) is 10.4. The van der Waals surface area contributed by atoms with Crippen molar-refractivity contribution in [3.05, 3.63) is 12.2 Å². The number of carbonyl (C=O) groups excluding carboxylic acids is 1. The molecule has 0 unspecified atom stereocenters. The Morgan fingerprint density at radius 1 is 1.17 bits per heavy atom. The monoisotopic (exact) mass is 190 g/mol. The number of allylic oxidation sites excluding steroid dienone is 2. The number of rotatable bonds is 6. The second-order valence-electron chi connectivity index (χ2n) is 2.30. The van der Waals surface area contributed by atoms with Crippen LogP contribution in [-0.4, -0.2) is 16.3 Å². The average molecular weight is 191 g/mol. The SMILES string of the molecule is O=C(O)CCC=CCCC(=O)Cl. The van der Waals surface area contributed by atoms with Crippen molar-refractivity contribution in [2.24, 2.45) is 0 Å². The average Bonchev–Trinajstić information content (AvgIpc) is 1.95. The van der Waals surface area contributed by atoms with Crippen molar-refractivity contribution in [3.8, 4) is 0 Å². The second kappa shape index (κ2) is 6.85. The van der Waals surface area contributed by atoms with Gasteiger partial charge < -0.3 is 5.11 Å². The maximum absolute atomic E-state index is 10.2. The molecule has 0 aliphatic carbocycles. The summed E-state index contributed by atoms with van der Waals surface area (Å²) < 4.78 is 0. The molecule has 4 heteroatoms. The maximum atomic E-state index is 10.2. The largest absolute Gasteiger partial charge is 0.481 e. The predicted octanol–water partition coefficient (Wildman–Crippen LogP) is 1.95. The van der Waals surface area contributed by atoms with E-state index >= 15 is 0 Å². The molecule has 0 aromatic heterocycles. The van der Waals surface area contributed by atoms with Gasteiger partial charge >= 0.3 is 5.97 Å². The molecule has 0 heterocycles. The summed E-state index contributed by atoms with van der Waals surface area (Å²) in [6.07, 6.45) is 5.04. The highest BCUT2D eigenvalue weighted by molar-refractivity contribution is 6.63. The molecule has 68 valence electrons. The fourth-order valence-electron chi connectivity index (χ4n) is 0.639. The topological polar surface area (TPSA) is 54.4 Å². The van der Waals surface area contributed by atoms with E-state index in [1.165, 1.54) is 0 Å². The summed E-state index contributed by atoms with van der Waals surface area (Å²) in [6.45, 7) is 0. The standard InChI is InChI=1S/C8H11ClO3/c9-7(10)5-3-1-2-4-6-8(11)12/h1-2H,3-6H2,(H,11,12). The first-order valence-corrected chi connectivity index (χ1v) is 4.06. The van der Waals surface area contributed by atoms with Gasteiger partial charge in [0, 0.05) is 12.8 Å². The van der Waals surface area contributed by atoms with Gasteiger partial charge in [-0.05, 0) is 24.4 Å². The number of aliphatic carboxylic acids is 1. The van der Waals surface area contributed by atoms with Gasteiger partial charge in [0.15, 0.2) is 0 Å². The molecule has 12 heavy (non-hydrogen) atoms. The third kappa shape index (κ3) is 9.17. The predicted molar refractivity (Wildman–Crippen MR) is 46.1 cm³/mol. The number of hydrogen-bond acceptors (Lipinski definition) is 2. The van der Waals surface area contributed by atoms with Gasteiger partial charge in [-0.1, -0.05) is 12.2 Å². The highest BCUT2D eigenvalue weighted by atomic mass is 35.5. The van der Waals surface area contributed by atoms with E-state index in [0.29, 0.717) is 19.3 Å². The lowest BCUT2D eigenvalue weighted by Gasteiger charge is -1.88. The fraction of sp³-hybridized carbons (Fsp3) is 0.500. The summed E-state index contributed by atoms with van der Waals surface area (Å²) in [4.78, 5) is 20.3. The zero-order chi connectivity index (χ0) is 9.40. The lowest BCUT2D eigenvalue weighted by molar-refractivity contribution is -0.136. The van der Waals surface area contributed by atoms with Crippen LogP contribution in [0.25, 0.3) is 0 Å². The number of halogens is 1. The minimum Gasteiger partial charge on any atom is -0.481 e. The van der Waals surface area contributed by atoms with Gasteiger partial charge in [0.25, 0.3) is 0 Å². The first-order chi connectivity index (χ1) is 5.63. The first kappa shape index (κ1) is 11.2. The molecule has 0 aliphatic rings. The zero-order valence-corrected chi connectivity index (χ0v) is 7.38. The minimum absolute atomic E-state index is 0.130. The third-order valence-corrected chi connectivity index (χ3v) is 1.39. The van der Waals surface area contributed by atoms with Crippen LogP contribution in [0.3, 0.4) is 0 Å². The van der Waals surface area contributed by atoms with Crippen molar-refractivity contribution >= 4 is 22.8 Å². The lowest BCUT2D eigenvalue weighted by Crippen LogP contribution is -1.91. The van der Waals surface area contributed by atoms with Crippen LogP contribution in [0.1, 0.15) is 25.7 Å². The van der Waals surface area contributed by atoms with Gasteiger partial charge in [-0.25, -0.2) is 0 Å². The molecule has 0 atom stereocenters. The number of carbonyl (C=O) groups is 2. The summed E-state index contributed by atoms with van der Waals surface area (Å²) in [6, 6.07) is 0. The van der Waals surface area contributed by atoms with Gasteiger partial charge in [0.1, 0.15) is 0 Å². The Kier molecular flexibility index (Phi) is 6.38. The van der Waals surface area contributed by atoms with Crippen LogP contribution in [0, 0.1) is 0 Å². The Morgan fingerprint density at radius 2 is 1.67 bits per heavy atom. The van der Waals surface area contributed by atoms with Crippen LogP contribution in [0.5, 0.6) is 0 Å². The third-order valence-electron chi connectivity index (χ3n) is 1.20. The summed E-state index contributed by atoms with van der Waals surface area (Å²) >= 11 is 5.07. The molecule has 0 spiro atoms. The fourth-order valence-corrected chi connectivity index (χ4v) is 0.748. The highest BCUT2D eigenvalue weighted by Gasteiger charge is 1.93. The molecule has 1 N–H and O–H groups in total. The van der Waals surface area contributed by atoms with Crippen LogP contribution in [0.4, 0.5) is 0 Å². The van der Waals surface area contributed by atoms with E-state index in [0.717, 1.165) is 0 Å². The van der Waals surface area contributed by atoms with E-state index in [1.807, 2.05) is 0 Å². The molecule has 0 aliphatic heterocycles. The number of carboxylic acid groups (broad SMARTS) is 1. The smallest absolute Gasteiger partial charge is 0.303 e. The highest BCUT2D eigenvalue weighted by Crippen LogP contribution is 1.98. The quantitative estimate of drug-likeness (QED) is 0.515. The Morgan fingerprint density at radius 3 is 2.08 bits per heavy atom. The van der Waals surface area contributed by atoms with Crippen molar-refractivity contribution in [2.45, 2.75) is 25.7 Å². The Hall–Kier alpha value is -0.830. The molecule has 0 fully saturated rings. The molecule has 0 saturated heterocycles. The minimum atomic E-state index is -0.812. The number of hydrogen-bond donors (Lipinski definition) is 1. The Balaban J connectivity index is 3.26. The zero-order valence-electron chi connectivity index (χ0n) is 6.62. The Labute approximate surface area is 76.0 Å². The molecule has 0 bridgehead atoms. The van der Waals surface area contributed by atoms with Crippen LogP contribution in [0.2, 0.25) is 0 Å². The lowest BCUT2D eigenvalue weighted by atomic mass is 10.2. The molecular formula is C8H11ClO3. The molecule has 0 radical (unpaired) electrons. The van der Waals surface area contributed by atoms with Gasteiger partial charge in [-0.3, -0.25) is 9.59 Å². The molecule has 3 nitrogen and oxygen atoms in total. The van der Waals surface area contributed by atoms with Crippen LogP contribution < -0.4 is 0 Å². The summed E-state index contributed by atoms with van der Waals surface area (Å²) in [7, 11) is 0. The van der Waals surface area contributed by atoms with Crippen molar-refractivity contribution in [3.63, 3.8) is 0 Å². The second-order valence-corrected chi connectivity index (χ2v) is 2.72.